The minimum Gasteiger partial charge on any atom is -0.493 e. The molecular weight excluding hydrogens is 247 g/mol. The Balaban J connectivity index is 1.89. The van der Waals surface area contributed by atoms with Crippen LogP contribution in [0.15, 0.2) is 18.2 Å². The summed E-state index contributed by atoms with van der Waals surface area (Å²) in [6.07, 6.45) is 3.30. The fourth-order valence-electron chi connectivity index (χ4n) is 2.33. The smallest absolute Gasteiger partial charge is 0.252 e. The molecule has 1 amide bonds. The molecule has 19 heavy (non-hydrogen) atoms. The zero-order chi connectivity index (χ0) is 13.7. The van der Waals surface area contributed by atoms with Crippen LogP contribution in [0.1, 0.15) is 29.6 Å². The average molecular weight is 266 g/mol. The van der Waals surface area contributed by atoms with Gasteiger partial charge in [0.15, 0.2) is 0 Å². The van der Waals surface area contributed by atoms with Crippen LogP contribution in [0.5, 0.6) is 5.75 Å². The van der Waals surface area contributed by atoms with E-state index in [0.29, 0.717) is 18.3 Å². The van der Waals surface area contributed by atoms with E-state index in [1.807, 2.05) is 0 Å². The fourth-order valence-corrected chi connectivity index (χ4v) is 2.33. The predicted molar refractivity (Wildman–Crippen MR) is 70.6 cm³/mol. The molecule has 1 aromatic rings. The first-order chi connectivity index (χ1) is 9.16. The van der Waals surface area contributed by atoms with Crippen LogP contribution in [0.2, 0.25) is 0 Å². The molecule has 1 fully saturated rings. The van der Waals surface area contributed by atoms with Gasteiger partial charge in [0, 0.05) is 0 Å². The molecule has 3 N–H and O–H groups in total. The van der Waals surface area contributed by atoms with Crippen LogP contribution in [-0.4, -0.2) is 25.6 Å². The van der Waals surface area contributed by atoms with Gasteiger partial charge in [-0.25, -0.2) is 4.39 Å². The van der Waals surface area contributed by atoms with Crippen molar-refractivity contribution in [3.8, 4) is 5.75 Å². The van der Waals surface area contributed by atoms with Crippen LogP contribution >= 0.6 is 0 Å². The lowest BCUT2D eigenvalue weighted by Crippen LogP contribution is -2.30. The topological polar surface area (TPSA) is 64.4 Å². The van der Waals surface area contributed by atoms with E-state index in [2.05, 4.69) is 5.32 Å². The van der Waals surface area contributed by atoms with Crippen molar-refractivity contribution >= 4 is 5.91 Å². The van der Waals surface area contributed by atoms with Crippen LogP contribution < -0.4 is 15.8 Å². The van der Waals surface area contributed by atoms with Crippen LogP contribution in [0.25, 0.3) is 0 Å². The first-order valence-electron chi connectivity index (χ1n) is 6.59. The molecule has 0 aromatic heterocycles. The molecule has 1 aromatic carbocycles. The van der Waals surface area contributed by atoms with Gasteiger partial charge in [-0.15, -0.1) is 0 Å². The molecule has 0 bridgehead atoms. The summed E-state index contributed by atoms with van der Waals surface area (Å²) >= 11 is 0. The Morgan fingerprint density at radius 3 is 3.05 bits per heavy atom. The van der Waals surface area contributed by atoms with Gasteiger partial charge in [0.05, 0.1) is 12.2 Å². The number of carbonyl (C=O) groups excluding carboxylic acids is 1. The van der Waals surface area contributed by atoms with Crippen LogP contribution in [-0.2, 0) is 0 Å². The zero-order valence-corrected chi connectivity index (χ0v) is 10.8. The molecule has 0 saturated carbocycles. The summed E-state index contributed by atoms with van der Waals surface area (Å²) in [6.45, 7) is 2.61. The highest BCUT2D eigenvalue weighted by Gasteiger charge is 2.14. The summed E-state index contributed by atoms with van der Waals surface area (Å²) in [5, 5.41) is 3.34. The summed E-state index contributed by atoms with van der Waals surface area (Å²) in [5.74, 6) is -0.199. The summed E-state index contributed by atoms with van der Waals surface area (Å²) in [7, 11) is 0. The van der Waals surface area contributed by atoms with Crippen molar-refractivity contribution in [1.82, 2.24) is 5.32 Å². The zero-order valence-electron chi connectivity index (χ0n) is 10.8. The number of hydrogen-bond donors (Lipinski definition) is 2. The average Bonchev–Trinajstić information content (AvgIpc) is 2.41. The van der Waals surface area contributed by atoms with Gasteiger partial charge < -0.3 is 15.8 Å². The third-order valence-electron chi connectivity index (χ3n) is 3.39. The number of hydrogen-bond acceptors (Lipinski definition) is 3. The van der Waals surface area contributed by atoms with Crippen molar-refractivity contribution in [1.29, 1.82) is 0 Å². The van der Waals surface area contributed by atoms with Crippen LogP contribution in [0, 0.1) is 11.7 Å². The van der Waals surface area contributed by atoms with Crippen molar-refractivity contribution in [3.63, 3.8) is 0 Å². The molecule has 1 unspecified atom stereocenters. The van der Waals surface area contributed by atoms with Gasteiger partial charge >= 0.3 is 0 Å². The molecule has 1 aliphatic rings. The Hall–Kier alpha value is -1.62. The fraction of sp³-hybridized carbons (Fsp3) is 0.500. The van der Waals surface area contributed by atoms with E-state index >= 15 is 0 Å². The lowest BCUT2D eigenvalue weighted by atomic mass is 9.97. The predicted octanol–water partition coefficient (Wildman–Crippen LogP) is 1.69. The summed E-state index contributed by atoms with van der Waals surface area (Å²) in [6, 6.07) is 3.83. The second kappa shape index (κ2) is 6.52. The molecule has 0 aliphatic carbocycles. The maximum atomic E-state index is 13.0. The molecule has 5 heteroatoms. The normalized spacial score (nSPS) is 19.1. The SMILES string of the molecule is NC(=O)c1cc(F)ccc1OCCC1CCCNC1. The molecule has 1 atom stereocenters. The van der Waals surface area contributed by atoms with Crippen LogP contribution in [0.3, 0.4) is 0 Å². The van der Waals surface area contributed by atoms with Crippen molar-refractivity contribution in [3.05, 3.63) is 29.6 Å². The molecule has 1 heterocycles. The van der Waals surface area contributed by atoms with Gasteiger partial charge in [0.25, 0.3) is 5.91 Å². The molecular formula is C14H19FN2O2. The quantitative estimate of drug-likeness (QED) is 0.852. The minimum absolute atomic E-state index is 0.0989. The second-order valence-corrected chi connectivity index (χ2v) is 4.85. The van der Waals surface area contributed by atoms with E-state index in [1.54, 1.807) is 0 Å². The first-order valence-corrected chi connectivity index (χ1v) is 6.59. The van der Waals surface area contributed by atoms with Crippen molar-refractivity contribution in [2.75, 3.05) is 19.7 Å². The lowest BCUT2D eigenvalue weighted by molar-refractivity contribution is 0.0995. The number of piperidine rings is 1. The van der Waals surface area contributed by atoms with Crippen LogP contribution in [0.4, 0.5) is 4.39 Å². The van der Waals surface area contributed by atoms with Gasteiger partial charge in [-0.3, -0.25) is 4.79 Å². The maximum absolute atomic E-state index is 13.0. The third kappa shape index (κ3) is 3.92. The number of benzene rings is 1. The van der Waals surface area contributed by atoms with Gasteiger partial charge in [0.2, 0.25) is 0 Å². The van der Waals surface area contributed by atoms with E-state index in [1.165, 1.54) is 25.0 Å². The minimum atomic E-state index is -0.672. The Morgan fingerprint density at radius 2 is 2.37 bits per heavy atom. The summed E-state index contributed by atoms with van der Waals surface area (Å²) < 4.78 is 18.6. The van der Waals surface area contributed by atoms with E-state index in [-0.39, 0.29) is 5.56 Å². The van der Waals surface area contributed by atoms with Crippen molar-refractivity contribution in [2.24, 2.45) is 11.7 Å². The van der Waals surface area contributed by atoms with E-state index < -0.39 is 11.7 Å². The Labute approximate surface area is 112 Å². The van der Waals surface area contributed by atoms with Gasteiger partial charge in [-0.05, 0) is 56.5 Å². The molecule has 0 spiro atoms. The molecule has 1 aliphatic heterocycles. The number of ether oxygens (including phenoxy) is 1. The van der Waals surface area contributed by atoms with Gasteiger partial charge in [0.1, 0.15) is 11.6 Å². The Morgan fingerprint density at radius 1 is 1.53 bits per heavy atom. The lowest BCUT2D eigenvalue weighted by Gasteiger charge is -2.22. The number of rotatable bonds is 5. The summed E-state index contributed by atoms with van der Waals surface area (Å²) in [5.41, 5.74) is 5.30. The summed E-state index contributed by atoms with van der Waals surface area (Å²) in [4.78, 5) is 11.2. The second-order valence-electron chi connectivity index (χ2n) is 4.85. The third-order valence-corrected chi connectivity index (χ3v) is 3.39. The highest BCUT2D eigenvalue weighted by Crippen LogP contribution is 2.21. The standard InChI is InChI=1S/C14H19FN2O2/c15-11-3-4-13(12(8-11)14(16)18)19-7-5-10-2-1-6-17-9-10/h3-4,8,10,17H,1-2,5-7,9H2,(H2,16,18). The monoisotopic (exact) mass is 266 g/mol. The Bertz CT molecular complexity index is 445. The first kappa shape index (κ1) is 13.8. The maximum Gasteiger partial charge on any atom is 0.252 e. The van der Waals surface area contributed by atoms with Crippen molar-refractivity contribution in [2.45, 2.75) is 19.3 Å². The number of primary amides is 1. The largest absolute Gasteiger partial charge is 0.493 e. The van der Waals surface area contributed by atoms with E-state index in [4.69, 9.17) is 10.5 Å². The molecule has 4 nitrogen and oxygen atoms in total. The van der Waals surface area contributed by atoms with Gasteiger partial charge in [-0.2, -0.15) is 0 Å². The Kier molecular flexibility index (Phi) is 4.74. The number of amides is 1. The highest BCUT2D eigenvalue weighted by atomic mass is 19.1. The number of halogens is 1. The van der Waals surface area contributed by atoms with E-state index in [9.17, 15) is 9.18 Å². The van der Waals surface area contributed by atoms with Gasteiger partial charge in [-0.1, -0.05) is 0 Å². The molecule has 0 radical (unpaired) electrons. The molecule has 104 valence electrons. The molecule has 2 rings (SSSR count). The highest BCUT2D eigenvalue weighted by molar-refractivity contribution is 5.95. The molecule has 1 saturated heterocycles. The number of carbonyl (C=O) groups is 1. The number of nitrogens with two attached hydrogens (primary N) is 1. The van der Waals surface area contributed by atoms with E-state index in [0.717, 1.165) is 25.6 Å². The van der Waals surface area contributed by atoms with Crippen molar-refractivity contribution < 1.29 is 13.9 Å². The number of nitrogens with one attached hydrogen (secondary N) is 1.